The van der Waals surface area contributed by atoms with Crippen molar-refractivity contribution in [2.45, 2.75) is 19.6 Å². The van der Waals surface area contributed by atoms with Crippen LogP contribution in [0.5, 0.6) is 11.6 Å². The maximum Gasteiger partial charge on any atom is 0.261 e. The van der Waals surface area contributed by atoms with E-state index in [2.05, 4.69) is 10.3 Å². The second kappa shape index (κ2) is 8.04. The van der Waals surface area contributed by atoms with Crippen LogP contribution in [0.25, 0.3) is 0 Å². The summed E-state index contributed by atoms with van der Waals surface area (Å²) in [6.07, 6.45) is 0.922. The molecule has 0 aliphatic heterocycles. The number of carbonyl (C=O) groups excluding carboxylic acids is 1. The van der Waals surface area contributed by atoms with Crippen LogP contribution in [0.15, 0.2) is 36.5 Å². The van der Waals surface area contributed by atoms with E-state index in [0.717, 1.165) is 5.56 Å². The van der Waals surface area contributed by atoms with Gasteiger partial charge in [0.25, 0.3) is 5.91 Å². The molecule has 0 spiro atoms. The smallest absolute Gasteiger partial charge is 0.261 e. The zero-order chi connectivity index (χ0) is 16.8. The van der Waals surface area contributed by atoms with Gasteiger partial charge in [-0.15, -0.1) is 0 Å². The molecule has 1 N–H and O–H groups in total. The average Bonchev–Trinajstić information content (AvgIpc) is 2.55. The van der Waals surface area contributed by atoms with E-state index in [1.807, 2.05) is 0 Å². The Labute approximate surface area is 144 Å². The molecule has 1 unspecified atom stereocenters. The quantitative estimate of drug-likeness (QED) is 0.862. The van der Waals surface area contributed by atoms with E-state index in [9.17, 15) is 4.79 Å². The molecule has 0 aliphatic carbocycles. The number of halogens is 2. The average molecular weight is 355 g/mol. The molecule has 0 aliphatic rings. The Balaban J connectivity index is 1.92. The summed E-state index contributed by atoms with van der Waals surface area (Å²) in [6, 6.07) is 8.39. The maximum absolute atomic E-state index is 12.1. The van der Waals surface area contributed by atoms with Crippen molar-refractivity contribution in [1.29, 1.82) is 0 Å². The lowest BCUT2D eigenvalue weighted by atomic mass is 10.2. The number of carbonyl (C=O) groups is 1. The zero-order valence-electron chi connectivity index (χ0n) is 12.7. The van der Waals surface area contributed by atoms with Gasteiger partial charge in [-0.2, -0.15) is 0 Å². The molecule has 0 radical (unpaired) electrons. The summed E-state index contributed by atoms with van der Waals surface area (Å²) in [5.41, 5.74) is 0.877. The third kappa shape index (κ3) is 5.01. The molecular formula is C16H16Cl2N2O3. The van der Waals surface area contributed by atoms with Crippen molar-refractivity contribution >= 4 is 29.1 Å². The van der Waals surface area contributed by atoms with E-state index in [1.54, 1.807) is 43.5 Å². The van der Waals surface area contributed by atoms with E-state index in [4.69, 9.17) is 32.7 Å². The molecule has 7 heteroatoms. The van der Waals surface area contributed by atoms with Crippen LogP contribution >= 0.6 is 23.2 Å². The van der Waals surface area contributed by atoms with Crippen molar-refractivity contribution in [3.63, 3.8) is 0 Å². The number of rotatable bonds is 6. The molecule has 5 nitrogen and oxygen atoms in total. The van der Waals surface area contributed by atoms with E-state index in [0.29, 0.717) is 28.2 Å². The van der Waals surface area contributed by atoms with Gasteiger partial charge >= 0.3 is 0 Å². The summed E-state index contributed by atoms with van der Waals surface area (Å²) in [5, 5.41) is 3.65. The highest BCUT2D eigenvalue weighted by Gasteiger charge is 2.16. The number of benzene rings is 1. The van der Waals surface area contributed by atoms with Crippen molar-refractivity contribution in [2.75, 3.05) is 7.11 Å². The Bertz CT molecular complexity index is 695. The first-order valence-corrected chi connectivity index (χ1v) is 7.63. The molecule has 1 heterocycles. The zero-order valence-corrected chi connectivity index (χ0v) is 14.2. The van der Waals surface area contributed by atoms with E-state index >= 15 is 0 Å². The molecule has 0 fully saturated rings. The van der Waals surface area contributed by atoms with Gasteiger partial charge in [-0.25, -0.2) is 4.98 Å². The fourth-order valence-electron chi connectivity index (χ4n) is 1.82. The Morgan fingerprint density at radius 2 is 2.09 bits per heavy atom. The normalized spacial score (nSPS) is 11.7. The van der Waals surface area contributed by atoms with E-state index in [-0.39, 0.29) is 5.91 Å². The van der Waals surface area contributed by atoms with Crippen LogP contribution in [0.1, 0.15) is 12.5 Å². The summed E-state index contributed by atoms with van der Waals surface area (Å²) in [5.74, 6) is 0.644. The molecule has 1 amide bonds. The highest BCUT2D eigenvalue weighted by atomic mass is 35.5. The van der Waals surface area contributed by atoms with Crippen molar-refractivity contribution in [1.82, 2.24) is 10.3 Å². The third-order valence-electron chi connectivity index (χ3n) is 3.04. The van der Waals surface area contributed by atoms with Gasteiger partial charge in [-0.1, -0.05) is 23.2 Å². The molecule has 1 atom stereocenters. The van der Waals surface area contributed by atoms with Crippen LogP contribution in [0.3, 0.4) is 0 Å². The van der Waals surface area contributed by atoms with Gasteiger partial charge in [-0.05, 0) is 36.8 Å². The lowest BCUT2D eigenvalue weighted by Gasteiger charge is -2.16. The van der Waals surface area contributed by atoms with Gasteiger partial charge in [0, 0.05) is 23.8 Å². The van der Waals surface area contributed by atoms with Crippen molar-refractivity contribution in [3.8, 4) is 11.6 Å². The SMILES string of the molecule is COc1cc(CNC(=O)C(C)Oc2ccc(Cl)cc2Cl)ccn1. The number of methoxy groups -OCH3 is 1. The topological polar surface area (TPSA) is 60.5 Å². The highest BCUT2D eigenvalue weighted by Crippen LogP contribution is 2.28. The fourth-order valence-corrected chi connectivity index (χ4v) is 2.27. The van der Waals surface area contributed by atoms with Gasteiger partial charge < -0.3 is 14.8 Å². The number of hydrogen-bond donors (Lipinski definition) is 1. The number of pyridine rings is 1. The highest BCUT2D eigenvalue weighted by molar-refractivity contribution is 6.35. The first kappa shape index (κ1) is 17.4. The molecule has 122 valence electrons. The van der Waals surface area contributed by atoms with Crippen LogP contribution in [-0.4, -0.2) is 24.1 Å². The molecule has 0 saturated heterocycles. The first-order valence-electron chi connectivity index (χ1n) is 6.88. The van der Waals surface area contributed by atoms with Crippen LogP contribution in [0.4, 0.5) is 0 Å². The van der Waals surface area contributed by atoms with Gasteiger partial charge in [0.05, 0.1) is 12.1 Å². The number of nitrogens with one attached hydrogen (secondary N) is 1. The summed E-state index contributed by atoms with van der Waals surface area (Å²) >= 11 is 11.8. The van der Waals surface area contributed by atoms with Crippen molar-refractivity contribution in [2.24, 2.45) is 0 Å². The van der Waals surface area contributed by atoms with Gasteiger partial charge in [0.1, 0.15) is 5.75 Å². The molecule has 0 bridgehead atoms. The molecule has 2 rings (SSSR count). The van der Waals surface area contributed by atoms with Gasteiger partial charge in [0.2, 0.25) is 5.88 Å². The lowest BCUT2D eigenvalue weighted by molar-refractivity contribution is -0.127. The lowest BCUT2D eigenvalue weighted by Crippen LogP contribution is -2.35. The third-order valence-corrected chi connectivity index (χ3v) is 3.57. The predicted octanol–water partition coefficient (Wildman–Crippen LogP) is 3.48. The van der Waals surface area contributed by atoms with E-state index in [1.165, 1.54) is 7.11 Å². The summed E-state index contributed by atoms with van der Waals surface area (Å²) < 4.78 is 10.6. The second-order valence-corrected chi connectivity index (χ2v) is 5.60. The minimum atomic E-state index is -0.697. The molecule has 1 aromatic carbocycles. The van der Waals surface area contributed by atoms with Crippen molar-refractivity contribution < 1.29 is 14.3 Å². The molecule has 2 aromatic rings. The fraction of sp³-hybridized carbons (Fsp3) is 0.250. The van der Waals surface area contributed by atoms with Crippen LogP contribution < -0.4 is 14.8 Å². The standard InChI is InChI=1S/C16H16Cl2N2O3/c1-10(23-14-4-3-12(17)8-13(14)18)16(21)20-9-11-5-6-19-15(7-11)22-2/h3-8,10H,9H2,1-2H3,(H,20,21). The Kier molecular flexibility index (Phi) is 6.07. The number of hydrogen-bond acceptors (Lipinski definition) is 4. The summed E-state index contributed by atoms with van der Waals surface area (Å²) in [6.45, 7) is 1.99. The number of ether oxygens (including phenoxy) is 2. The predicted molar refractivity (Wildman–Crippen MR) is 89.2 cm³/mol. The van der Waals surface area contributed by atoms with Crippen LogP contribution in [0.2, 0.25) is 10.0 Å². The van der Waals surface area contributed by atoms with Crippen molar-refractivity contribution in [3.05, 3.63) is 52.1 Å². The van der Waals surface area contributed by atoms with Crippen LogP contribution in [0, 0.1) is 0 Å². The summed E-state index contributed by atoms with van der Waals surface area (Å²) in [7, 11) is 1.54. The largest absolute Gasteiger partial charge is 0.481 e. The Morgan fingerprint density at radius 3 is 2.78 bits per heavy atom. The molecule has 23 heavy (non-hydrogen) atoms. The second-order valence-electron chi connectivity index (χ2n) is 4.76. The Morgan fingerprint density at radius 1 is 1.30 bits per heavy atom. The first-order chi connectivity index (χ1) is 11.0. The molecule has 1 aromatic heterocycles. The molecule has 0 saturated carbocycles. The summed E-state index contributed by atoms with van der Waals surface area (Å²) in [4.78, 5) is 16.1. The number of aromatic nitrogens is 1. The van der Waals surface area contributed by atoms with E-state index < -0.39 is 6.10 Å². The number of amides is 1. The molecular weight excluding hydrogens is 339 g/mol. The number of nitrogens with zero attached hydrogens (tertiary/aromatic N) is 1. The van der Waals surface area contributed by atoms with Gasteiger partial charge in [-0.3, -0.25) is 4.79 Å². The minimum Gasteiger partial charge on any atom is -0.481 e. The minimum absolute atomic E-state index is 0.258. The van der Waals surface area contributed by atoms with Gasteiger partial charge in [0.15, 0.2) is 6.10 Å². The Hall–Kier alpha value is -1.98. The van der Waals surface area contributed by atoms with Crippen LogP contribution in [-0.2, 0) is 11.3 Å². The monoisotopic (exact) mass is 354 g/mol. The maximum atomic E-state index is 12.1.